The predicted molar refractivity (Wildman–Crippen MR) is 33.9 cm³/mol. The van der Waals surface area contributed by atoms with E-state index in [1.807, 2.05) is 0 Å². The normalized spacial score (nSPS) is 11.8. The number of alkyl halides is 1. The van der Waals surface area contributed by atoms with E-state index in [0.29, 0.717) is 0 Å². The van der Waals surface area contributed by atoms with Gasteiger partial charge in [-0.25, -0.2) is 4.39 Å². The minimum absolute atomic E-state index is 0.186. The van der Waals surface area contributed by atoms with E-state index in [4.69, 9.17) is 0 Å². The van der Waals surface area contributed by atoms with Crippen molar-refractivity contribution in [3.8, 4) is 0 Å². The van der Waals surface area contributed by atoms with Gasteiger partial charge in [0.15, 0.2) is 0 Å². The first-order chi connectivity index (χ1) is 4.22. The molecule has 0 fully saturated rings. The molecule has 0 aromatic rings. The van der Waals surface area contributed by atoms with Crippen molar-refractivity contribution >= 4 is 5.78 Å². The lowest BCUT2D eigenvalue weighted by Crippen LogP contribution is -2.08. The summed E-state index contributed by atoms with van der Waals surface area (Å²) in [5.41, 5.74) is 2.36. The van der Waals surface area contributed by atoms with Gasteiger partial charge in [-0.3, -0.25) is 4.79 Å². The van der Waals surface area contributed by atoms with Crippen molar-refractivity contribution in [2.75, 3.05) is 6.67 Å². The Labute approximate surface area is 53.9 Å². The van der Waals surface area contributed by atoms with E-state index < -0.39 is 12.6 Å². The zero-order chi connectivity index (χ0) is 7.28. The number of Topliss-reactive ketones (excluding diaryl/α,β-unsaturated/α-hetero) is 1. The van der Waals surface area contributed by atoms with E-state index in [9.17, 15) is 9.18 Å². The van der Waals surface area contributed by atoms with Crippen LogP contribution in [0.15, 0.2) is 18.4 Å². The van der Waals surface area contributed by atoms with Crippen LogP contribution in [0.2, 0.25) is 0 Å². The maximum Gasteiger partial charge on any atom is 0.139 e. The topological polar surface area (TPSA) is 17.1 Å². The molecule has 0 heterocycles. The molecule has 0 aliphatic heterocycles. The van der Waals surface area contributed by atoms with Crippen LogP contribution in [0.25, 0.3) is 0 Å². The Bertz CT molecular complexity index is 143. The highest BCUT2D eigenvalue weighted by atomic mass is 19.1. The third-order valence-electron chi connectivity index (χ3n) is 1.01. The summed E-state index contributed by atoms with van der Waals surface area (Å²) in [6.45, 7) is 3.92. The quantitative estimate of drug-likeness (QED) is 0.526. The van der Waals surface area contributed by atoms with Crippen LogP contribution in [0.3, 0.4) is 0 Å². The lowest BCUT2D eigenvalue weighted by Gasteiger charge is -1.97. The van der Waals surface area contributed by atoms with Gasteiger partial charge in [-0.05, 0) is 13.0 Å². The van der Waals surface area contributed by atoms with Crippen LogP contribution >= 0.6 is 0 Å². The number of allylic oxidation sites excluding steroid dienone is 1. The number of rotatable bonds is 3. The highest BCUT2D eigenvalue weighted by molar-refractivity contribution is 5.80. The number of carbonyl (C=O) groups is 1. The molecule has 0 N–H and O–H groups in total. The Kier molecular flexibility index (Phi) is 3.65. The van der Waals surface area contributed by atoms with E-state index >= 15 is 0 Å². The highest BCUT2D eigenvalue weighted by Gasteiger charge is 2.07. The molecule has 0 rings (SSSR count). The van der Waals surface area contributed by atoms with E-state index in [1.54, 1.807) is 0 Å². The number of hydrogen-bond acceptors (Lipinski definition) is 1. The Balaban J connectivity index is 3.98. The van der Waals surface area contributed by atoms with Crippen LogP contribution in [0.5, 0.6) is 0 Å². The average Bonchev–Trinajstić information content (AvgIpc) is 1.82. The van der Waals surface area contributed by atoms with Gasteiger partial charge in [0.05, 0.1) is 5.92 Å². The smallest absolute Gasteiger partial charge is 0.139 e. The molecule has 0 saturated carbocycles. The van der Waals surface area contributed by atoms with Crippen molar-refractivity contribution in [1.82, 2.24) is 0 Å². The second-order valence-electron chi connectivity index (χ2n) is 1.74. The number of halogens is 1. The molecule has 0 radical (unpaired) electrons. The van der Waals surface area contributed by atoms with Gasteiger partial charge in [-0.1, -0.05) is 6.58 Å². The lowest BCUT2D eigenvalue weighted by atomic mass is 10.1. The SMILES string of the molecule is C=C=CC(CF)C(C)=O. The second-order valence-corrected chi connectivity index (χ2v) is 1.74. The summed E-state index contributed by atoms with van der Waals surface area (Å²) in [4.78, 5) is 10.4. The van der Waals surface area contributed by atoms with Gasteiger partial charge in [-0.15, -0.1) is 5.73 Å². The zero-order valence-electron chi connectivity index (χ0n) is 5.36. The standard InChI is InChI=1S/C7H9FO/c1-3-4-7(5-8)6(2)9/h4,7H,1,5H2,2H3. The van der Waals surface area contributed by atoms with Crippen molar-refractivity contribution in [3.63, 3.8) is 0 Å². The molecule has 1 atom stereocenters. The average molecular weight is 128 g/mol. The summed E-state index contributed by atoms with van der Waals surface area (Å²) in [5.74, 6) is -0.823. The van der Waals surface area contributed by atoms with Gasteiger partial charge in [0.25, 0.3) is 0 Å². The highest BCUT2D eigenvalue weighted by Crippen LogP contribution is 1.99. The maximum atomic E-state index is 11.8. The lowest BCUT2D eigenvalue weighted by molar-refractivity contribution is -0.119. The fourth-order valence-electron chi connectivity index (χ4n) is 0.413. The van der Waals surface area contributed by atoms with Gasteiger partial charge < -0.3 is 0 Å². The fraction of sp³-hybridized carbons (Fsp3) is 0.429. The van der Waals surface area contributed by atoms with Crippen LogP contribution in [0, 0.1) is 5.92 Å². The molecule has 0 aromatic carbocycles. The molecule has 0 aromatic heterocycles. The van der Waals surface area contributed by atoms with Crippen molar-refractivity contribution < 1.29 is 9.18 Å². The van der Waals surface area contributed by atoms with Crippen LogP contribution < -0.4 is 0 Å². The Morgan fingerprint density at radius 1 is 2.00 bits per heavy atom. The molecule has 0 spiro atoms. The molecule has 2 heteroatoms. The molecule has 1 nitrogen and oxygen atoms in total. The Morgan fingerprint density at radius 2 is 2.56 bits per heavy atom. The summed E-state index contributed by atoms with van der Waals surface area (Å²) >= 11 is 0. The summed E-state index contributed by atoms with van der Waals surface area (Å²) in [7, 11) is 0. The minimum atomic E-state index is -0.655. The summed E-state index contributed by atoms with van der Waals surface area (Å²) in [5, 5.41) is 0. The second kappa shape index (κ2) is 4.04. The maximum absolute atomic E-state index is 11.8. The third kappa shape index (κ3) is 2.83. The summed E-state index contributed by atoms with van der Waals surface area (Å²) in [6, 6.07) is 0. The van der Waals surface area contributed by atoms with E-state index in [1.165, 1.54) is 13.0 Å². The third-order valence-corrected chi connectivity index (χ3v) is 1.01. The van der Waals surface area contributed by atoms with E-state index in [-0.39, 0.29) is 5.78 Å². The predicted octanol–water partition coefficient (Wildman–Crippen LogP) is 1.50. The van der Waals surface area contributed by atoms with Gasteiger partial charge in [0.2, 0.25) is 0 Å². The van der Waals surface area contributed by atoms with Crippen LogP contribution in [-0.2, 0) is 4.79 Å². The fourth-order valence-corrected chi connectivity index (χ4v) is 0.413. The zero-order valence-corrected chi connectivity index (χ0v) is 5.36. The van der Waals surface area contributed by atoms with Gasteiger partial charge in [0, 0.05) is 0 Å². The number of hydrogen-bond donors (Lipinski definition) is 0. The van der Waals surface area contributed by atoms with Gasteiger partial charge in [-0.2, -0.15) is 0 Å². The molecule has 0 aliphatic carbocycles. The first-order valence-electron chi connectivity index (χ1n) is 2.64. The largest absolute Gasteiger partial charge is 0.299 e. The Hall–Kier alpha value is -0.880. The Morgan fingerprint density at radius 3 is 2.67 bits per heavy atom. The first kappa shape index (κ1) is 8.12. The van der Waals surface area contributed by atoms with Crippen molar-refractivity contribution in [2.45, 2.75) is 6.92 Å². The van der Waals surface area contributed by atoms with Crippen molar-refractivity contribution in [1.29, 1.82) is 0 Å². The van der Waals surface area contributed by atoms with Crippen molar-refractivity contribution in [2.24, 2.45) is 5.92 Å². The summed E-state index contributed by atoms with van der Waals surface area (Å²) in [6.07, 6.45) is 1.34. The molecule has 50 valence electrons. The molecule has 1 unspecified atom stereocenters. The van der Waals surface area contributed by atoms with Crippen molar-refractivity contribution in [3.05, 3.63) is 18.4 Å². The van der Waals surface area contributed by atoms with Crippen LogP contribution in [0.4, 0.5) is 4.39 Å². The molecule has 0 bridgehead atoms. The molecule has 0 amide bonds. The van der Waals surface area contributed by atoms with Gasteiger partial charge in [0.1, 0.15) is 12.5 Å². The molecule has 9 heavy (non-hydrogen) atoms. The monoisotopic (exact) mass is 128 g/mol. The number of carbonyl (C=O) groups excluding carboxylic acids is 1. The van der Waals surface area contributed by atoms with Crippen LogP contribution in [-0.4, -0.2) is 12.5 Å². The minimum Gasteiger partial charge on any atom is -0.299 e. The first-order valence-corrected chi connectivity index (χ1v) is 2.64. The molecular formula is C7H9FO. The molecule has 0 saturated heterocycles. The number of ketones is 1. The van der Waals surface area contributed by atoms with E-state index in [2.05, 4.69) is 12.3 Å². The molecule has 0 aliphatic rings. The van der Waals surface area contributed by atoms with Gasteiger partial charge >= 0.3 is 0 Å². The van der Waals surface area contributed by atoms with E-state index in [0.717, 1.165) is 0 Å². The molecular weight excluding hydrogens is 119 g/mol. The summed E-state index contributed by atoms with van der Waals surface area (Å²) < 4.78 is 11.8. The van der Waals surface area contributed by atoms with Crippen LogP contribution in [0.1, 0.15) is 6.92 Å².